The fourth-order valence-electron chi connectivity index (χ4n) is 1.75. The Morgan fingerprint density at radius 2 is 1.53 bits per heavy atom. The third-order valence-corrected chi connectivity index (χ3v) is 4.61. The van der Waals surface area contributed by atoms with Crippen molar-refractivity contribution in [1.29, 1.82) is 0 Å². The van der Waals surface area contributed by atoms with Crippen LogP contribution in [-0.2, 0) is 16.8 Å². The van der Waals surface area contributed by atoms with Crippen molar-refractivity contribution in [2.24, 2.45) is 0 Å². The lowest BCUT2D eigenvalue weighted by molar-refractivity contribution is 0.563. The Labute approximate surface area is 128 Å². The molecule has 0 aliphatic rings. The van der Waals surface area contributed by atoms with E-state index in [1.165, 1.54) is 0 Å². The van der Waals surface area contributed by atoms with Crippen LogP contribution in [0.3, 0.4) is 0 Å². The lowest BCUT2D eigenvalue weighted by atomic mass is 10.0. The molecule has 2 aromatic carbocycles. The molecule has 0 saturated carbocycles. The maximum atomic E-state index is 10.7. The number of hydrogen-bond donors (Lipinski definition) is 1. The van der Waals surface area contributed by atoms with Crippen LogP contribution in [-0.4, -0.2) is 8.76 Å². The van der Waals surface area contributed by atoms with Gasteiger partial charge in [0.25, 0.3) is 0 Å². The maximum Gasteiger partial charge on any atom is 0.157 e. The second-order valence-electron chi connectivity index (χ2n) is 4.12. The summed E-state index contributed by atoms with van der Waals surface area (Å²) in [6, 6.07) is 15.3. The molecule has 5 heteroatoms. The zero-order valence-corrected chi connectivity index (χ0v) is 13.1. The van der Waals surface area contributed by atoms with Gasteiger partial charge < -0.3 is 4.55 Å². The summed E-state index contributed by atoms with van der Waals surface area (Å²) in [7, 11) is 0. The van der Waals surface area contributed by atoms with Crippen molar-refractivity contribution in [2.75, 3.05) is 0 Å². The van der Waals surface area contributed by atoms with E-state index in [0.29, 0.717) is 5.02 Å². The van der Waals surface area contributed by atoms with Crippen LogP contribution in [0, 0.1) is 0 Å². The number of rotatable bonds is 4. The second kappa shape index (κ2) is 6.66. The molecule has 2 atom stereocenters. The highest BCUT2D eigenvalue weighted by Crippen LogP contribution is 2.31. The van der Waals surface area contributed by atoms with Gasteiger partial charge in [-0.05, 0) is 28.8 Å². The second-order valence-corrected chi connectivity index (χ2v) is 6.41. The summed E-state index contributed by atoms with van der Waals surface area (Å²) in [4.78, 5) is 0.0819. The summed E-state index contributed by atoms with van der Waals surface area (Å²) >= 11 is 7.71. The molecule has 0 spiro atoms. The van der Waals surface area contributed by atoms with Gasteiger partial charge in [0.1, 0.15) is 0 Å². The van der Waals surface area contributed by atoms with E-state index in [1.54, 1.807) is 0 Å². The summed E-state index contributed by atoms with van der Waals surface area (Å²) in [5, 5.41) is 0.712. The first-order valence-corrected chi connectivity index (χ1v) is 8.19. The number of benzene rings is 2. The molecule has 0 amide bonds. The van der Waals surface area contributed by atoms with Gasteiger partial charge in [0.05, 0.1) is 10.6 Å². The molecule has 0 fully saturated rings. The van der Waals surface area contributed by atoms with E-state index in [0.717, 1.165) is 16.7 Å². The highest BCUT2D eigenvalue weighted by atomic mass is 79.9. The van der Waals surface area contributed by atoms with Gasteiger partial charge in [-0.25, -0.2) is 4.21 Å². The van der Waals surface area contributed by atoms with E-state index in [1.807, 2.05) is 48.5 Å². The number of halogens is 2. The average Bonchev–Trinajstić information content (AvgIpc) is 2.39. The summed E-state index contributed by atoms with van der Waals surface area (Å²) in [5.41, 5.74) is 3.05. The molecule has 0 aliphatic carbocycles. The summed E-state index contributed by atoms with van der Waals surface area (Å²) in [6.45, 7) is 0. The highest BCUT2D eigenvalue weighted by molar-refractivity contribution is 9.09. The zero-order valence-electron chi connectivity index (χ0n) is 9.92. The molecule has 2 aromatic rings. The van der Waals surface area contributed by atoms with E-state index in [9.17, 15) is 4.21 Å². The van der Waals surface area contributed by atoms with E-state index < -0.39 is 11.1 Å². The third-order valence-electron chi connectivity index (χ3n) is 2.73. The lowest BCUT2D eigenvalue weighted by Crippen LogP contribution is -1.95. The molecule has 0 aromatic heterocycles. The van der Waals surface area contributed by atoms with Gasteiger partial charge in [0, 0.05) is 5.02 Å². The quantitative estimate of drug-likeness (QED) is 0.642. The molecular formula is C14H12BrClO2S. The van der Waals surface area contributed by atoms with Crippen molar-refractivity contribution in [1.82, 2.24) is 0 Å². The normalized spacial score (nSPS) is 14.1. The Morgan fingerprint density at radius 3 is 2.00 bits per heavy atom. The molecule has 1 N–H and O–H groups in total. The van der Waals surface area contributed by atoms with Gasteiger partial charge in [0.2, 0.25) is 0 Å². The number of alkyl halides is 1. The fourth-order valence-corrected chi connectivity index (χ4v) is 2.96. The van der Waals surface area contributed by atoms with Crippen LogP contribution in [0.25, 0.3) is 0 Å². The van der Waals surface area contributed by atoms with E-state index >= 15 is 0 Å². The van der Waals surface area contributed by atoms with Gasteiger partial charge in [-0.1, -0.05) is 63.9 Å². The first kappa shape index (κ1) is 14.7. The van der Waals surface area contributed by atoms with Crippen LogP contribution in [0.2, 0.25) is 5.02 Å². The average molecular weight is 360 g/mol. The Morgan fingerprint density at radius 1 is 1.05 bits per heavy atom. The van der Waals surface area contributed by atoms with Gasteiger partial charge in [-0.2, -0.15) is 0 Å². The van der Waals surface area contributed by atoms with Crippen molar-refractivity contribution in [3.8, 4) is 0 Å². The van der Waals surface area contributed by atoms with Crippen LogP contribution in [0.1, 0.15) is 21.5 Å². The topological polar surface area (TPSA) is 37.3 Å². The fraction of sp³-hybridized carbons (Fsp3) is 0.143. The van der Waals surface area contributed by atoms with Crippen molar-refractivity contribution in [3.63, 3.8) is 0 Å². The minimum Gasteiger partial charge on any atom is -0.306 e. The molecule has 19 heavy (non-hydrogen) atoms. The van der Waals surface area contributed by atoms with E-state index in [4.69, 9.17) is 16.2 Å². The summed E-state index contributed by atoms with van der Waals surface area (Å²) in [5.74, 6) is 0.161. The Balaban J connectivity index is 2.17. The van der Waals surface area contributed by atoms with Gasteiger partial charge >= 0.3 is 0 Å². The lowest BCUT2D eigenvalue weighted by Gasteiger charge is -2.11. The minimum absolute atomic E-state index is 0.0819. The monoisotopic (exact) mass is 358 g/mol. The maximum absolute atomic E-state index is 10.7. The van der Waals surface area contributed by atoms with Crippen LogP contribution < -0.4 is 0 Å². The Hall–Kier alpha value is -0.680. The van der Waals surface area contributed by atoms with Crippen molar-refractivity contribution >= 4 is 38.6 Å². The molecule has 0 bridgehead atoms. The predicted molar refractivity (Wildman–Crippen MR) is 83.1 cm³/mol. The van der Waals surface area contributed by atoms with Gasteiger partial charge in [0.15, 0.2) is 11.1 Å². The largest absolute Gasteiger partial charge is 0.306 e. The van der Waals surface area contributed by atoms with Crippen LogP contribution in [0.4, 0.5) is 0 Å². The minimum atomic E-state index is -1.80. The van der Waals surface area contributed by atoms with Crippen molar-refractivity contribution in [3.05, 3.63) is 70.2 Å². The van der Waals surface area contributed by atoms with E-state index in [-0.39, 0.29) is 10.6 Å². The smallest absolute Gasteiger partial charge is 0.157 e. The third kappa shape index (κ3) is 4.14. The van der Waals surface area contributed by atoms with Crippen LogP contribution >= 0.6 is 27.5 Å². The number of hydrogen-bond acceptors (Lipinski definition) is 1. The Kier molecular flexibility index (Phi) is 5.16. The first-order chi connectivity index (χ1) is 9.06. The molecule has 2 nitrogen and oxygen atoms in total. The van der Waals surface area contributed by atoms with Crippen LogP contribution in [0.5, 0.6) is 0 Å². The molecule has 0 aliphatic heterocycles. The molecule has 2 rings (SSSR count). The van der Waals surface area contributed by atoms with Gasteiger partial charge in [-0.3, -0.25) is 0 Å². The first-order valence-electron chi connectivity index (χ1n) is 5.62. The Bertz CT molecular complexity index is 569. The van der Waals surface area contributed by atoms with Crippen LogP contribution in [0.15, 0.2) is 48.5 Å². The zero-order chi connectivity index (χ0) is 13.8. The van der Waals surface area contributed by atoms with Crippen molar-refractivity contribution < 1.29 is 8.76 Å². The highest BCUT2D eigenvalue weighted by Gasteiger charge is 2.10. The molecule has 0 heterocycles. The predicted octanol–water partition coefficient (Wildman–Crippen LogP) is 4.55. The van der Waals surface area contributed by atoms with Gasteiger partial charge in [-0.15, -0.1) is 0 Å². The molecule has 2 unspecified atom stereocenters. The molecule has 100 valence electrons. The standard InChI is InChI=1S/C14H12BrClO2S/c15-14(12-5-7-13(16)8-6-12)11-3-1-10(2-4-11)9-19(17)18/h1-8,14H,9H2,(H,17,18). The summed E-state index contributed by atoms with van der Waals surface area (Å²) in [6.07, 6.45) is 0. The van der Waals surface area contributed by atoms with Crippen molar-refractivity contribution in [2.45, 2.75) is 10.6 Å². The molecule has 0 radical (unpaired) electrons. The SMILES string of the molecule is O=S(O)Cc1ccc(C(Br)c2ccc(Cl)cc2)cc1. The van der Waals surface area contributed by atoms with E-state index in [2.05, 4.69) is 15.9 Å². The molecular weight excluding hydrogens is 348 g/mol. The molecule has 0 saturated heterocycles. The summed E-state index contributed by atoms with van der Waals surface area (Å²) < 4.78 is 19.6.